The average Bonchev–Trinajstić information content (AvgIpc) is 2.71. The summed E-state index contributed by atoms with van der Waals surface area (Å²) in [5.41, 5.74) is -0.379. The van der Waals surface area contributed by atoms with Gasteiger partial charge in [-0.25, -0.2) is 20.2 Å². The summed E-state index contributed by atoms with van der Waals surface area (Å²) in [5.74, 6) is 0.942. The molecule has 12 nitrogen and oxygen atoms in total. The van der Waals surface area contributed by atoms with E-state index >= 15 is 0 Å². The van der Waals surface area contributed by atoms with E-state index in [2.05, 4.69) is 33.6 Å². The Kier molecular flexibility index (Phi) is 13.7. The van der Waals surface area contributed by atoms with Gasteiger partial charge in [-0.2, -0.15) is 0 Å². The molecule has 2 atom stereocenters. The Bertz CT molecular complexity index is 732. The zero-order valence-electron chi connectivity index (χ0n) is 20.3. The lowest BCUT2D eigenvalue weighted by Gasteiger charge is -2.37. The standard InChI is InChI=1S/C10H17N3O3.C7H13NO.C3H4N2O2/c1-10(5-3-6-11-13(15)16)8-12(2)7-4-9(10)14;1-6-5-8(2)4-3-7(6)9;1-2-3-4-5(6)7/h6H,3-5,7-8H2,1-2H3;6H,3-5H2,1-2H3;2-3H,1H2/p+1/b11-6-;;4-3-. The van der Waals surface area contributed by atoms with Crippen LogP contribution in [0.1, 0.15) is 41.0 Å². The number of hydrogen-bond donors (Lipinski definition) is 0. The van der Waals surface area contributed by atoms with Gasteiger partial charge in [-0.15, -0.1) is 0 Å². The first-order chi connectivity index (χ1) is 14.9. The molecule has 2 saturated heterocycles. The van der Waals surface area contributed by atoms with Gasteiger partial charge in [0.2, 0.25) is 0 Å². The molecule has 0 aromatic rings. The average molecular weight is 456 g/mol. The van der Waals surface area contributed by atoms with Gasteiger partial charge in [0, 0.05) is 50.4 Å². The highest BCUT2D eigenvalue weighted by atomic mass is 16.7. The summed E-state index contributed by atoms with van der Waals surface area (Å²) in [6.07, 6.45) is 5.93. The number of allylic oxidation sites excluding steroid dienone is 1. The Morgan fingerprint density at radius 2 is 1.75 bits per heavy atom. The van der Waals surface area contributed by atoms with Gasteiger partial charge in [0.05, 0.1) is 16.4 Å². The molecule has 2 fully saturated rings. The van der Waals surface area contributed by atoms with Crippen molar-refractivity contribution < 1.29 is 21.1 Å². The number of hydrogen-bond acceptors (Lipinski definition) is 8. The molecule has 2 heterocycles. The third-order valence-corrected chi connectivity index (χ3v) is 5.16. The van der Waals surface area contributed by atoms with E-state index in [1.54, 1.807) is 0 Å². The lowest BCUT2D eigenvalue weighted by Crippen LogP contribution is -2.46. The summed E-state index contributed by atoms with van der Waals surface area (Å²) in [4.78, 5) is 46.3. The van der Waals surface area contributed by atoms with Crippen molar-refractivity contribution in [3.63, 3.8) is 0 Å². The van der Waals surface area contributed by atoms with Gasteiger partial charge in [-0.3, -0.25) is 9.59 Å². The molecule has 0 radical (unpaired) electrons. The van der Waals surface area contributed by atoms with Gasteiger partial charge in [-0.05, 0) is 33.0 Å². The third-order valence-electron chi connectivity index (χ3n) is 5.16. The predicted octanol–water partition coefficient (Wildman–Crippen LogP) is 2.01. The van der Waals surface area contributed by atoms with Gasteiger partial charge >= 0.3 is 1.43 Å². The Morgan fingerprint density at radius 3 is 2.22 bits per heavy atom. The first-order valence-corrected chi connectivity index (χ1v) is 10.3. The minimum Gasteiger partial charge on any atom is -0.305 e. The lowest BCUT2D eigenvalue weighted by atomic mass is 9.77. The van der Waals surface area contributed by atoms with Crippen LogP contribution in [0.2, 0.25) is 0 Å². The highest BCUT2D eigenvalue weighted by Gasteiger charge is 2.36. The summed E-state index contributed by atoms with van der Waals surface area (Å²) >= 11 is 0. The fourth-order valence-electron chi connectivity index (χ4n) is 3.39. The molecule has 2 aliphatic heterocycles. The zero-order valence-corrected chi connectivity index (χ0v) is 19.3. The molecule has 2 unspecified atom stereocenters. The molecular formula is C20H35N6O6+. The van der Waals surface area contributed by atoms with E-state index in [1.807, 2.05) is 20.9 Å². The largest absolute Gasteiger partial charge is 1.00 e. The van der Waals surface area contributed by atoms with E-state index in [0.717, 1.165) is 38.8 Å². The number of nitro groups is 2. The molecule has 0 N–H and O–H groups in total. The molecule has 0 aromatic carbocycles. The van der Waals surface area contributed by atoms with Crippen LogP contribution in [0.5, 0.6) is 0 Å². The molecule has 0 amide bonds. The van der Waals surface area contributed by atoms with Crippen LogP contribution in [0.15, 0.2) is 22.9 Å². The van der Waals surface area contributed by atoms with Gasteiger partial charge in [0.1, 0.15) is 17.8 Å². The second-order valence-corrected chi connectivity index (χ2v) is 8.16. The van der Waals surface area contributed by atoms with Crippen molar-refractivity contribution in [3.8, 4) is 0 Å². The highest BCUT2D eigenvalue weighted by Crippen LogP contribution is 2.30. The molecule has 0 spiro atoms. The van der Waals surface area contributed by atoms with Crippen LogP contribution < -0.4 is 0 Å². The van der Waals surface area contributed by atoms with Crippen LogP contribution in [-0.4, -0.2) is 84.1 Å². The molecule has 0 bridgehead atoms. The van der Waals surface area contributed by atoms with Gasteiger partial charge < -0.3 is 9.80 Å². The summed E-state index contributed by atoms with van der Waals surface area (Å²) in [5, 5.41) is 23.6. The lowest BCUT2D eigenvalue weighted by molar-refractivity contribution is -0.484. The van der Waals surface area contributed by atoms with Crippen LogP contribution in [0.4, 0.5) is 0 Å². The van der Waals surface area contributed by atoms with E-state index in [-0.39, 0.29) is 18.5 Å². The first kappa shape index (κ1) is 29.1. The minimum atomic E-state index is -0.790. The van der Waals surface area contributed by atoms with Crippen LogP contribution in [-0.2, 0) is 9.59 Å². The molecular weight excluding hydrogens is 420 g/mol. The Hall–Kier alpha value is -2.86. The topological polar surface area (TPSA) is 152 Å². The summed E-state index contributed by atoms with van der Waals surface area (Å²) in [6, 6.07) is 0. The van der Waals surface area contributed by atoms with E-state index in [9.17, 15) is 29.8 Å². The molecule has 0 aliphatic carbocycles. The molecule has 2 aliphatic rings. The molecule has 2 rings (SSSR count). The number of piperidine rings is 2. The quantitative estimate of drug-likeness (QED) is 0.335. The normalized spacial score (nSPS) is 24.4. The molecule has 180 valence electrons. The van der Waals surface area contributed by atoms with Crippen molar-refractivity contribution in [1.82, 2.24) is 9.80 Å². The fourth-order valence-corrected chi connectivity index (χ4v) is 3.39. The van der Waals surface area contributed by atoms with Gasteiger partial charge in [-0.1, -0.05) is 20.4 Å². The third kappa shape index (κ3) is 12.7. The number of Topliss-reactive ketones (excluding diaryl/α,β-unsaturated/α-hetero) is 2. The van der Waals surface area contributed by atoms with Crippen LogP contribution >= 0.6 is 0 Å². The number of hydrazone groups is 2. The van der Waals surface area contributed by atoms with Crippen LogP contribution in [0, 0.1) is 31.6 Å². The molecule has 0 aromatic heterocycles. The van der Waals surface area contributed by atoms with Crippen molar-refractivity contribution in [1.29, 1.82) is 0 Å². The smallest absolute Gasteiger partial charge is 0.305 e. The first-order valence-electron chi connectivity index (χ1n) is 10.3. The second-order valence-electron chi connectivity index (χ2n) is 8.16. The van der Waals surface area contributed by atoms with E-state index in [0.29, 0.717) is 25.0 Å². The van der Waals surface area contributed by atoms with Crippen molar-refractivity contribution in [2.24, 2.45) is 21.5 Å². The monoisotopic (exact) mass is 455 g/mol. The van der Waals surface area contributed by atoms with Gasteiger partial charge in [0.15, 0.2) is 10.1 Å². The number of carbonyl (C=O) groups is 2. The van der Waals surface area contributed by atoms with E-state index in [4.69, 9.17) is 0 Å². The Labute approximate surface area is 189 Å². The van der Waals surface area contributed by atoms with Crippen molar-refractivity contribution >= 4 is 24.0 Å². The number of rotatable bonds is 6. The maximum atomic E-state index is 11.8. The van der Waals surface area contributed by atoms with Crippen molar-refractivity contribution in [3.05, 3.63) is 32.9 Å². The number of carbonyl (C=O) groups excluding carboxylic acids is 2. The molecule has 0 saturated carbocycles. The fraction of sp³-hybridized carbons (Fsp3) is 0.700. The summed E-state index contributed by atoms with van der Waals surface area (Å²) < 4.78 is 0. The van der Waals surface area contributed by atoms with E-state index < -0.39 is 10.1 Å². The zero-order chi connectivity index (χ0) is 24.7. The SMILES string of the molecule is C=C/C=N\[N+](=O)[O-].CC1CN(C)CCC1=O.CN1CCC(=O)C(C)(CC/C=N\[N+](=O)[O-])C1.[H+]. The van der Waals surface area contributed by atoms with E-state index in [1.165, 1.54) is 12.3 Å². The number of ketones is 2. The second kappa shape index (κ2) is 15.0. The Balaban J connectivity index is 0. The minimum absolute atomic E-state index is 0. The van der Waals surface area contributed by atoms with Crippen molar-refractivity contribution in [2.75, 3.05) is 40.3 Å². The number of likely N-dealkylation sites (tertiary alicyclic amines) is 2. The van der Waals surface area contributed by atoms with Crippen LogP contribution in [0.3, 0.4) is 0 Å². The number of nitrogens with zero attached hydrogens (tertiary/aromatic N) is 6. The predicted molar refractivity (Wildman–Crippen MR) is 123 cm³/mol. The van der Waals surface area contributed by atoms with Crippen molar-refractivity contribution in [2.45, 2.75) is 39.5 Å². The summed E-state index contributed by atoms with van der Waals surface area (Å²) in [7, 11) is 4.04. The van der Waals surface area contributed by atoms with Crippen LogP contribution in [0.25, 0.3) is 0 Å². The molecule has 32 heavy (non-hydrogen) atoms. The molecule has 12 heteroatoms. The summed E-state index contributed by atoms with van der Waals surface area (Å²) in [6.45, 7) is 10.5. The maximum Gasteiger partial charge on any atom is 1.00 e. The Morgan fingerprint density at radius 1 is 1.16 bits per heavy atom. The highest BCUT2D eigenvalue weighted by molar-refractivity contribution is 5.86. The maximum absolute atomic E-state index is 11.8. The van der Waals surface area contributed by atoms with Gasteiger partial charge in [0.25, 0.3) is 0 Å².